The lowest BCUT2D eigenvalue weighted by molar-refractivity contribution is -0.120. The second kappa shape index (κ2) is 7.31. The number of rotatable bonds is 4. The molecular weight excluding hydrogens is 374 g/mol. The second-order valence-corrected chi connectivity index (χ2v) is 6.55. The van der Waals surface area contributed by atoms with Crippen LogP contribution in [-0.2, 0) is 9.59 Å². The monoisotopic (exact) mass is 390 g/mol. The maximum Gasteiger partial charge on any atom is 0.282 e. The van der Waals surface area contributed by atoms with Crippen LogP contribution in [-0.4, -0.2) is 18.9 Å². The van der Waals surface area contributed by atoms with E-state index in [2.05, 4.69) is 0 Å². The summed E-state index contributed by atoms with van der Waals surface area (Å²) in [5, 5.41) is 0. The predicted octanol–water partition coefficient (Wildman–Crippen LogP) is 4.39. The van der Waals surface area contributed by atoms with Crippen LogP contribution in [0.2, 0.25) is 0 Å². The van der Waals surface area contributed by atoms with Gasteiger partial charge in [-0.2, -0.15) is 0 Å². The number of carbonyl (C=O) groups excluding carboxylic acids is 2. The zero-order valence-corrected chi connectivity index (χ0v) is 15.5. The summed E-state index contributed by atoms with van der Waals surface area (Å²) in [5.74, 6) is -2.18. The van der Waals surface area contributed by atoms with Crippen molar-refractivity contribution < 1.29 is 18.4 Å². The van der Waals surface area contributed by atoms with Crippen molar-refractivity contribution in [2.45, 2.75) is 0 Å². The number of hydrogen-bond acceptors (Lipinski definition) is 3. The molecule has 0 saturated carbocycles. The van der Waals surface area contributed by atoms with Crippen molar-refractivity contribution >= 4 is 28.8 Å². The Kier molecular flexibility index (Phi) is 4.68. The summed E-state index contributed by atoms with van der Waals surface area (Å²) in [6.07, 6.45) is 0. The van der Waals surface area contributed by atoms with E-state index in [0.29, 0.717) is 11.3 Å². The van der Waals surface area contributed by atoms with Gasteiger partial charge in [-0.25, -0.2) is 13.7 Å². The van der Waals surface area contributed by atoms with Gasteiger partial charge in [-0.15, -0.1) is 0 Å². The van der Waals surface area contributed by atoms with Crippen LogP contribution in [0.5, 0.6) is 0 Å². The van der Waals surface area contributed by atoms with Gasteiger partial charge in [0.05, 0.1) is 11.3 Å². The van der Waals surface area contributed by atoms with E-state index in [9.17, 15) is 18.4 Å². The Hall–Kier alpha value is -3.80. The molecule has 1 heterocycles. The molecule has 4 rings (SSSR count). The smallest absolute Gasteiger partial charge is 0.282 e. The second-order valence-electron chi connectivity index (χ2n) is 6.55. The molecule has 0 spiro atoms. The number of amides is 2. The Balaban J connectivity index is 1.88. The highest BCUT2D eigenvalue weighted by Crippen LogP contribution is 2.36. The highest BCUT2D eigenvalue weighted by Gasteiger charge is 2.42. The average molecular weight is 390 g/mol. The molecule has 0 aromatic heterocycles. The zero-order valence-electron chi connectivity index (χ0n) is 15.5. The van der Waals surface area contributed by atoms with Gasteiger partial charge in [0.1, 0.15) is 17.3 Å². The van der Waals surface area contributed by atoms with Crippen molar-refractivity contribution in [3.63, 3.8) is 0 Å². The van der Waals surface area contributed by atoms with Crippen molar-refractivity contribution in [3.05, 3.63) is 102 Å². The minimum Gasteiger partial charge on any atom is -0.339 e. The van der Waals surface area contributed by atoms with E-state index in [1.54, 1.807) is 24.1 Å². The Labute approximate surface area is 166 Å². The summed E-state index contributed by atoms with van der Waals surface area (Å²) in [4.78, 5) is 29.1. The number of carbonyl (C=O) groups is 2. The van der Waals surface area contributed by atoms with Gasteiger partial charge in [0, 0.05) is 12.7 Å². The number of imide groups is 1. The molecule has 0 bridgehead atoms. The number of likely N-dealkylation sites (N-methyl/N-ethyl adjacent to an activating group) is 1. The van der Waals surface area contributed by atoms with Gasteiger partial charge in [-0.3, -0.25) is 9.59 Å². The Morgan fingerprint density at radius 2 is 1.45 bits per heavy atom. The minimum atomic E-state index is -0.593. The average Bonchev–Trinajstić information content (AvgIpc) is 2.99. The predicted molar refractivity (Wildman–Crippen MR) is 107 cm³/mol. The fourth-order valence-electron chi connectivity index (χ4n) is 3.34. The zero-order chi connectivity index (χ0) is 20.5. The number of para-hydroxylation sites is 1. The van der Waals surface area contributed by atoms with E-state index in [0.717, 1.165) is 11.0 Å². The highest BCUT2D eigenvalue weighted by atomic mass is 19.1. The fraction of sp³-hybridized carbons (Fsp3) is 0.0435. The van der Waals surface area contributed by atoms with Gasteiger partial charge < -0.3 is 4.90 Å². The van der Waals surface area contributed by atoms with Gasteiger partial charge in [0.15, 0.2) is 0 Å². The van der Waals surface area contributed by atoms with Crippen molar-refractivity contribution in [2.75, 3.05) is 16.8 Å². The molecule has 3 aromatic rings. The molecule has 1 aliphatic rings. The number of benzene rings is 3. The molecule has 0 aliphatic carbocycles. The van der Waals surface area contributed by atoms with Crippen LogP contribution in [0.4, 0.5) is 20.2 Å². The SMILES string of the molecule is CN(C1=C(c2ccc(F)cc2)C(=O)N(c2cccc(F)c2)C1=O)c1ccccc1. The third-order valence-corrected chi connectivity index (χ3v) is 4.74. The molecule has 0 N–H and O–H groups in total. The molecule has 0 fully saturated rings. The molecule has 0 saturated heterocycles. The minimum absolute atomic E-state index is 0.130. The first kappa shape index (κ1) is 18.6. The van der Waals surface area contributed by atoms with E-state index in [4.69, 9.17) is 0 Å². The molecule has 6 heteroatoms. The molecule has 0 atom stereocenters. The maximum atomic E-state index is 13.7. The Morgan fingerprint density at radius 1 is 0.759 bits per heavy atom. The first-order valence-electron chi connectivity index (χ1n) is 8.90. The van der Waals surface area contributed by atoms with Gasteiger partial charge in [-0.1, -0.05) is 36.4 Å². The normalized spacial score (nSPS) is 14.0. The summed E-state index contributed by atoms with van der Waals surface area (Å²) in [6.45, 7) is 0. The van der Waals surface area contributed by atoms with Crippen LogP contribution in [0.1, 0.15) is 5.56 Å². The lowest BCUT2D eigenvalue weighted by Gasteiger charge is -2.21. The van der Waals surface area contributed by atoms with E-state index in [1.807, 2.05) is 18.2 Å². The molecule has 29 heavy (non-hydrogen) atoms. The molecule has 2 amide bonds. The lowest BCUT2D eigenvalue weighted by atomic mass is 10.0. The first-order valence-corrected chi connectivity index (χ1v) is 8.90. The Morgan fingerprint density at radius 3 is 2.10 bits per heavy atom. The summed E-state index contributed by atoms with van der Waals surface area (Å²) in [6, 6.07) is 19.7. The van der Waals surface area contributed by atoms with Crippen molar-refractivity contribution in [2.24, 2.45) is 0 Å². The molecule has 0 radical (unpaired) electrons. The van der Waals surface area contributed by atoms with Crippen LogP contribution < -0.4 is 9.80 Å². The molecule has 144 valence electrons. The van der Waals surface area contributed by atoms with Gasteiger partial charge in [-0.05, 0) is 48.0 Å². The van der Waals surface area contributed by atoms with Crippen LogP contribution in [0.3, 0.4) is 0 Å². The first-order chi connectivity index (χ1) is 14.0. The van der Waals surface area contributed by atoms with Crippen molar-refractivity contribution in [3.8, 4) is 0 Å². The van der Waals surface area contributed by atoms with Gasteiger partial charge in [0.2, 0.25) is 0 Å². The van der Waals surface area contributed by atoms with Crippen LogP contribution in [0, 0.1) is 11.6 Å². The maximum absolute atomic E-state index is 13.7. The number of nitrogens with zero attached hydrogens (tertiary/aromatic N) is 2. The Bertz CT molecular complexity index is 1130. The van der Waals surface area contributed by atoms with E-state index >= 15 is 0 Å². The largest absolute Gasteiger partial charge is 0.339 e. The van der Waals surface area contributed by atoms with Gasteiger partial charge >= 0.3 is 0 Å². The van der Waals surface area contributed by atoms with Crippen molar-refractivity contribution in [1.82, 2.24) is 0 Å². The molecule has 4 nitrogen and oxygen atoms in total. The molecule has 1 aliphatic heterocycles. The number of anilines is 2. The fourth-order valence-corrected chi connectivity index (χ4v) is 3.34. The van der Waals surface area contributed by atoms with Crippen LogP contribution >= 0.6 is 0 Å². The molecule has 3 aromatic carbocycles. The number of hydrogen-bond donors (Lipinski definition) is 0. The summed E-state index contributed by atoms with van der Waals surface area (Å²) in [7, 11) is 1.68. The van der Waals surface area contributed by atoms with Gasteiger partial charge in [0.25, 0.3) is 11.8 Å². The van der Waals surface area contributed by atoms with Crippen LogP contribution in [0.25, 0.3) is 5.57 Å². The summed E-state index contributed by atoms with van der Waals surface area (Å²) < 4.78 is 27.2. The van der Waals surface area contributed by atoms with E-state index < -0.39 is 23.4 Å². The third kappa shape index (κ3) is 3.29. The summed E-state index contributed by atoms with van der Waals surface area (Å²) >= 11 is 0. The van der Waals surface area contributed by atoms with Crippen LogP contribution in [0.15, 0.2) is 84.6 Å². The standard InChI is InChI=1S/C23H16F2N2O2/c1-26(18-7-3-2-4-8-18)21-20(15-10-12-16(24)13-11-15)22(28)27(23(21)29)19-9-5-6-17(25)14-19/h2-14H,1H3. The topological polar surface area (TPSA) is 40.6 Å². The molecular formula is C23H16F2N2O2. The quantitative estimate of drug-likeness (QED) is 0.621. The number of halogens is 2. The molecule has 0 unspecified atom stereocenters. The van der Waals surface area contributed by atoms with Crippen molar-refractivity contribution in [1.29, 1.82) is 0 Å². The third-order valence-electron chi connectivity index (χ3n) is 4.74. The van der Waals surface area contributed by atoms with E-state index in [1.165, 1.54) is 42.5 Å². The lowest BCUT2D eigenvalue weighted by Crippen LogP contribution is -2.34. The summed E-state index contributed by atoms with van der Waals surface area (Å²) in [5.41, 5.74) is 1.50. The van der Waals surface area contributed by atoms with E-state index in [-0.39, 0.29) is 17.0 Å². The highest BCUT2D eigenvalue weighted by molar-refractivity contribution is 6.46.